The van der Waals surface area contributed by atoms with Crippen molar-refractivity contribution >= 4 is 5.96 Å². The molecule has 1 saturated heterocycles. The average Bonchev–Trinajstić information content (AvgIpc) is 2.54. The molecule has 128 valence electrons. The molecule has 0 aromatic heterocycles. The molecular weight excluding hydrogens is 284 g/mol. The Morgan fingerprint density at radius 2 is 1.78 bits per heavy atom. The molecule has 1 fully saturated rings. The number of rotatable bonds is 5. The van der Waals surface area contributed by atoms with Crippen molar-refractivity contribution in [1.82, 2.24) is 15.5 Å². The van der Waals surface area contributed by atoms with Gasteiger partial charge in [0, 0.05) is 26.2 Å². The van der Waals surface area contributed by atoms with Crippen molar-refractivity contribution in [3.8, 4) is 0 Å². The Hall–Kier alpha value is -1.55. The molecule has 0 spiro atoms. The molecule has 4 nitrogen and oxygen atoms in total. The fourth-order valence-electron chi connectivity index (χ4n) is 2.89. The van der Waals surface area contributed by atoms with Gasteiger partial charge in [-0.15, -0.1) is 0 Å². The van der Waals surface area contributed by atoms with Crippen LogP contribution in [0.1, 0.15) is 44.7 Å². The van der Waals surface area contributed by atoms with Crippen LogP contribution in [0.2, 0.25) is 0 Å². The number of guanidine groups is 1. The van der Waals surface area contributed by atoms with Crippen molar-refractivity contribution in [2.45, 2.75) is 52.7 Å². The first-order valence-corrected chi connectivity index (χ1v) is 8.84. The molecule has 2 rings (SSSR count). The lowest BCUT2D eigenvalue weighted by molar-refractivity contribution is 0.185. The van der Waals surface area contributed by atoms with E-state index >= 15 is 0 Å². The fourth-order valence-corrected chi connectivity index (χ4v) is 2.89. The van der Waals surface area contributed by atoms with Crippen molar-refractivity contribution in [1.29, 1.82) is 0 Å². The molecule has 1 aliphatic rings. The summed E-state index contributed by atoms with van der Waals surface area (Å²) in [5, 5.41) is 6.65. The second-order valence-corrected chi connectivity index (χ2v) is 7.00. The number of nitrogens with zero attached hydrogens (tertiary/aromatic N) is 2. The normalized spacial score (nSPS) is 17.5. The van der Waals surface area contributed by atoms with Crippen LogP contribution in [0.3, 0.4) is 0 Å². The molecule has 1 aliphatic heterocycles. The van der Waals surface area contributed by atoms with E-state index in [0.29, 0.717) is 6.04 Å². The zero-order chi connectivity index (χ0) is 16.7. The van der Waals surface area contributed by atoms with Gasteiger partial charge in [0.25, 0.3) is 0 Å². The molecule has 23 heavy (non-hydrogen) atoms. The predicted molar refractivity (Wildman–Crippen MR) is 98.6 cm³/mol. The molecule has 4 heteroatoms. The highest BCUT2D eigenvalue weighted by Gasteiger charge is 2.15. The third-order valence-corrected chi connectivity index (χ3v) is 4.41. The molecular formula is C19H32N4. The summed E-state index contributed by atoms with van der Waals surface area (Å²) >= 11 is 0. The number of likely N-dealkylation sites (tertiary alicyclic amines) is 1. The van der Waals surface area contributed by atoms with Gasteiger partial charge in [-0.1, -0.05) is 31.2 Å². The standard InChI is InChI=1S/C19H32N4/c1-15(2)22-19(20-4)21-13-17-5-7-18(8-6-17)14-23-11-9-16(3)10-12-23/h5-8,15-16H,9-14H2,1-4H3,(H2,20,21,22). The second kappa shape index (κ2) is 8.92. The minimum atomic E-state index is 0.385. The molecule has 0 unspecified atom stereocenters. The van der Waals surface area contributed by atoms with E-state index in [2.05, 4.69) is 65.6 Å². The van der Waals surface area contributed by atoms with Crippen molar-refractivity contribution in [2.75, 3.05) is 20.1 Å². The molecule has 0 radical (unpaired) electrons. The Morgan fingerprint density at radius 1 is 1.17 bits per heavy atom. The summed E-state index contributed by atoms with van der Waals surface area (Å²) < 4.78 is 0. The van der Waals surface area contributed by atoms with E-state index in [9.17, 15) is 0 Å². The summed E-state index contributed by atoms with van der Waals surface area (Å²) in [5.74, 6) is 1.75. The first kappa shape index (κ1) is 17.8. The van der Waals surface area contributed by atoms with Gasteiger partial charge in [-0.2, -0.15) is 0 Å². The lowest BCUT2D eigenvalue weighted by Crippen LogP contribution is -2.40. The molecule has 0 atom stereocenters. The number of hydrogen-bond acceptors (Lipinski definition) is 2. The van der Waals surface area contributed by atoms with Crippen LogP contribution in [0, 0.1) is 5.92 Å². The van der Waals surface area contributed by atoms with Crippen LogP contribution in [0.25, 0.3) is 0 Å². The van der Waals surface area contributed by atoms with Gasteiger partial charge >= 0.3 is 0 Å². The molecule has 2 N–H and O–H groups in total. The van der Waals surface area contributed by atoms with Crippen LogP contribution in [0.4, 0.5) is 0 Å². The maximum atomic E-state index is 4.23. The van der Waals surface area contributed by atoms with Gasteiger partial charge in [0.2, 0.25) is 0 Å². The van der Waals surface area contributed by atoms with E-state index in [-0.39, 0.29) is 0 Å². The number of nitrogens with one attached hydrogen (secondary N) is 2. The summed E-state index contributed by atoms with van der Waals surface area (Å²) in [7, 11) is 1.81. The van der Waals surface area contributed by atoms with Crippen LogP contribution < -0.4 is 10.6 Å². The Balaban J connectivity index is 1.80. The number of hydrogen-bond donors (Lipinski definition) is 2. The van der Waals surface area contributed by atoms with Crippen molar-refractivity contribution in [3.63, 3.8) is 0 Å². The van der Waals surface area contributed by atoms with Crippen LogP contribution in [-0.4, -0.2) is 37.0 Å². The third kappa shape index (κ3) is 6.22. The van der Waals surface area contributed by atoms with Gasteiger partial charge < -0.3 is 10.6 Å². The largest absolute Gasteiger partial charge is 0.354 e. The van der Waals surface area contributed by atoms with Crippen LogP contribution in [-0.2, 0) is 13.1 Å². The smallest absolute Gasteiger partial charge is 0.191 e. The maximum Gasteiger partial charge on any atom is 0.191 e. The van der Waals surface area contributed by atoms with Gasteiger partial charge in [0.05, 0.1) is 0 Å². The highest BCUT2D eigenvalue weighted by Crippen LogP contribution is 2.18. The van der Waals surface area contributed by atoms with Crippen LogP contribution >= 0.6 is 0 Å². The van der Waals surface area contributed by atoms with Crippen LogP contribution in [0.15, 0.2) is 29.3 Å². The molecule has 0 aliphatic carbocycles. The highest BCUT2D eigenvalue weighted by atomic mass is 15.2. The summed E-state index contributed by atoms with van der Waals surface area (Å²) in [4.78, 5) is 6.80. The Kier molecular flexibility index (Phi) is 6.90. The first-order chi connectivity index (χ1) is 11.1. The van der Waals surface area contributed by atoms with Crippen molar-refractivity contribution < 1.29 is 0 Å². The van der Waals surface area contributed by atoms with E-state index in [1.807, 2.05) is 0 Å². The molecule has 1 heterocycles. The van der Waals surface area contributed by atoms with Gasteiger partial charge in [-0.3, -0.25) is 9.89 Å². The SMILES string of the molecule is CN=C(NCc1ccc(CN2CCC(C)CC2)cc1)NC(C)C. The predicted octanol–water partition coefficient (Wildman–Crippen LogP) is 2.99. The van der Waals surface area contributed by atoms with Gasteiger partial charge in [-0.05, 0) is 56.8 Å². The second-order valence-electron chi connectivity index (χ2n) is 7.00. The maximum absolute atomic E-state index is 4.23. The van der Waals surface area contributed by atoms with E-state index in [1.54, 1.807) is 7.05 Å². The number of piperidine rings is 1. The summed E-state index contributed by atoms with van der Waals surface area (Å²) in [6.45, 7) is 10.9. The first-order valence-electron chi connectivity index (χ1n) is 8.84. The topological polar surface area (TPSA) is 39.7 Å². The van der Waals surface area contributed by atoms with E-state index < -0.39 is 0 Å². The average molecular weight is 316 g/mol. The van der Waals surface area contributed by atoms with Crippen molar-refractivity contribution in [3.05, 3.63) is 35.4 Å². The van der Waals surface area contributed by atoms with E-state index in [0.717, 1.165) is 25.0 Å². The summed E-state index contributed by atoms with van der Waals surface area (Å²) in [5.41, 5.74) is 2.70. The zero-order valence-electron chi connectivity index (χ0n) is 15.1. The van der Waals surface area contributed by atoms with E-state index in [1.165, 1.54) is 37.1 Å². The Labute approximate surface area is 141 Å². The molecule has 1 aromatic rings. The van der Waals surface area contributed by atoms with Gasteiger partial charge in [0.15, 0.2) is 5.96 Å². The lowest BCUT2D eigenvalue weighted by atomic mass is 9.99. The third-order valence-electron chi connectivity index (χ3n) is 4.41. The number of benzene rings is 1. The lowest BCUT2D eigenvalue weighted by Gasteiger charge is -2.30. The Morgan fingerprint density at radius 3 is 2.35 bits per heavy atom. The minimum absolute atomic E-state index is 0.385. The number of aliphatic imine (C=N–C) groups is 1. The quantitative estimate of drug-likeness (QED) is 0.648. The molecule has 1 aromatic carbocycles. The van der Waals surface area contributed by atoms with Gasteiger partial charge in [0.1, 0.15) is 0 Å². The zero-order valence-corrected chi connectivity index (χ0v) is 15.1. The summed E-state index contributed by atoms with van der Waals surface area (Å²) in [6.07, 6.45) is 2.67. The molecule has 0 saturated carbocycles. The molecule has 0 bridgehead atoms. The fraction of sp³-hybridized carbons (Fsp3) is 0.632. The molecule has 0 amide bonds. The summed E-state index contributed by atoms with van der Waals surface area (Å²) in [6, 6.07) is 9.34. The monoisotopic (exact) mass is 316 g/mol. The highest BCUT2D eigenvalue weighted by molar-refractivity contribution is 5.79. The van der Waals surface area contributed by atoms with Crippen LogP contribution in [0.5, 0.6) is 0 Å². The van der Waals surface area contributed by atoms with Crippen molar-refractivity contribution in [2.24, 2.45) is 10.9 Å². The Bertz CT molecular complexity index is 485. The minimum Gasteiger partial charge on any atom is -0.354 e. The van der Waals surface area contributed by atoms with E-state index in [4.69, 9.17) is 0 Å². The van der Waals surface area contributed by atoms with Gasteiger partial charge in [-0.25, -0.2) is 0 Å².